The van der Waals surface area contributed by atoms with Crippen LogP contribution in [0, 0.1) is 11.6 Å². The summed E-state index contributed by atoms with van der Waals surface area (Å²) in [5.74, 6) is -0.662. The van der Waals surface area contributed by atoms with E-state index in [2.05, 4.69) is 9.97 Å². The molecule has 0 unspecified atom stereocenters. The molecular formula is C20H18F2N4O. The first-order valence-electron chi connectivity index (χ1n) is 8.64. The molecule has 0 fully saturated rings. The minimum absolute atomic E-state index is 0.0174. The number of rotatable bonds is 3. The smallest absolute Gasteiger partial charge is 0.255 e. The summed E-state index contributed by atoms with van der Waals surface area (Å²) in [5.41, 5.74) is 8.15. The van der Waals surface area contributed by atoms with Crippen LogP contribution in [0.3, 0.4) is 0 Å². The third-order valence-electron chi connectivity index (χ3n) is 4.78. The van der Waals surface area contributed by atoms with Crippen molar-refractivity contribution in [3.05, 3.63) is 81.3 Å². The van der Waals surface area contributed by atoms with Gasteiger partial charge in [0.15, 0.2) is 0 Å². The number of nitrogens with zero attached hydrogens (tertiary/aromatic N) is 2. The van der Waals surface area contributed by atoms with E-state index in [1.165, 1.54) is 18.2 Å². The van der Waals surface area contributed by atoms with E-state index in [0.717, 1.165) is 11.3 Å². The molecule has 4 rings (SSSR count). The van der Waals surface area contributed by atoms with Crippen LogP contribution in [0.25, 0.3) is 11.4 Å². The minimum atomic E-state index is -0.577. The average Bonchev–Trinajstić information content (AvgIpc) is 2.66. The van der Waals surface area contributed by atoms with Crippen LogP contribution in [0.2, 0.25) is 0 Å². The maximum absolute atomic E-state index is 13.9. The number of benzene rings is 2. The molecule has 0 saturated carbocycles. The lowest BCUT2D eigenvalue weighted by atomic mass is 10.0. The van der Waals surface area contributed by atoms with Gasteiger partial charge in [-0.15, -0.1) is 0 Å². The Balaban J connectivity index is 1.60. The van der Waals surface area contributed by atoms with Crippen LogP contribution < -0.4 is 11.3 Å². The summed E-state index contributed by atoms with van der Waals surface area (Å²) < 4.78 is 27.8. The Bertz CT molecular complexity index is 1030. The highest BCUT2D eigenvalue weighted by Gasteiger charge is 2.23. The number of nitrogens with one attached hydrogen (secondary N) is 1. The molecule has 2 aromatic carbocycles. The molecule has 5 nitrogen and oxygen atoms in total. The van der Waals surface area contributed by atoms with Gasteiger partial charge in [0, 0.05) is 42.9 Å². The van der Waals surface area contributed by atoms with Gasteiger partial charge in [0.1, 0.15) is 17.5 Å². The molecule has 7 heteroatoms. The highest BCUT2D eigenvalue weighted by atomic mass is 19.1. The Morgan fingerprint density at radius 3 is 2.52 bits per heavy atom. The fourth-order valence-corrected chi connectivity index (χ4v) is 3.30. The minimum Gasteiger partial charge on any atom is -0.399 e. The summed E-state index contributed by atoms with van der Waals surface area (Å²) in [7, 11) is 0. The van der Waals surface area contributed by atoms with Crippen molar-refractivity contribution in [1.82, 2.24) is 14.9 Å². The first kappa shape index (κ1) is 17.4. The second-order valence-corrected chi connectivity index (χ2v) is 6.62. The number of hydrogen-bond donors (Lipinski definition) is 2. The third-order valence-corrected chi connectivity index (χ3v) is 4.78. The van der Waals surface area contributed by atoms with Crippen molar-refractivity contribution in [3.8, 4) is 11.4 Å². The van der Waals surface area contributed by atoms with Gasteiger partial charge in [0.05, 0.1) is 11.3 Å². The van der Waals surface area contributed by atoms with Gasteiger partial charge in [0.25, 0.3) is 5.56 Å². The molecule has 0 aliphatic carbocycles. The summed E-state index contributed by atoms with van der Waals surface area (Å²) >= 11 is 0. The van der Waals surface area contributed by atoms with Crippen molar-refractivity contribution in [1.29, 1.82) is 0 Å². The van der Waals surface area contributed by atoms with E-state index in [0.29, 0.717) is 36.6 Å². The van der Waals surface area contributed by atoms with Crippen molar-refractivity contribution < 1.29 is 8.78 Å². The summed E-state index contributed by atoms with van der Waals surface area (Å²) in [5, 5.41) is 0. The molecule has 0 radical (unpaired) electrons. The molecule has 1 aliphatic rings. The molecule has 0 spiro atoms. The van der Waals surface area contributed by atoms with Crippen molar-refractivity contribution >= 4 is 5.69 Å². The van der Waals surface area contributed by atoms with Crippen LogP contribution in [0.5, 0.6) is 0 Å². The van der Waals surface area contributed by atoms with Crippen LogP contribution >= 0.6 is 0 Å². The third kappa shape index (κ3) is 3.46. The summed E-state index contributed by atoms with van der Waals surface area (Å²) in [6.07, 6.45) is 0.539. The molecule has 0 saturated heterocycles. The number of aromatic amines is 1. The van der Waals surface area contributed by atoms with E-state index >= 15 is 0 Å². The van der Waals surface area contributed by atoms with Crippen LogP contribution in [0.4, 0.5) is 14.5 Å². The normalized spacial score (nSPS) is 14.1. The monoisotopic (exact) mass is 368 g/mol. The Kier molecular flexibility index (Phi) is 4.45. The molecular weight excluding hydrogens is 350 g/mol. The summed E-state index contributed by atoms with van der Waals surface area (Å²) in [4.78, 5) is 21.8. The van der Waals surface area contributed by atoms with Crippen molar-refractivity contribution in [3.63, 3.8) is 0 Å². The molecule has 1 aliphatic heterocycles. The molecule has 2 heterocycles. The number of hydrogen-bond acceptors (Lipinski definition) is 4. The fraction of sp³-hybridized carbons (Fsp3) is 0.200. The maximum Gasteiger partial charge on any atom is 0.255 e. The number of nitrogen functional groups attached to an aromatic ring is 1. The van der Waals surface area contributed by atoms with E-state index in [1.807, 2.05) is 4.90 Å². The molecule has 138 valence electrons. The van der Waals surface area contributed by atoms with Gasteiger partial charge in [-0.3, -0.25) is 9.69 Å². The number of H-pyrrole nitrogens is 1. The summed E-state index contributed by atoms with van der Waals surface area (Å²) in [6.45, 7) is 0.975. The van der Waals surface area contributed by atoms with Crippen molar-refractivity contribution in [2.75, 3.05) is 12.3 Å². The number of aromatic nitrogens is 2. The van der Waals surface area contributed by atoms with Crippen molar-refractivity contribution in [2.45, 2.75) is 19.5 Å². The largest absolute Gasteiger partial charge is 0.399 e. The first-order chi connectivity index (χ1) is 13.0. The van der Waals surface area contributed by atoms with E-state index in [9.17, 15) is 13.6 Å². The zero-order chi connectivity index (χ0) is 19.0. The van der Waals surface area contributed by atoms with Crippen LogP contribution in [0.1, 0.15) is 16.8 Å². The summed E-state index contributed by atoms with van der Waals surface area (Å²) in [6, 6.07) is 10.9. The van der Waals surface area contributed by atoms with Crippen LogP contribution in [-0.2, 0) is 19.5 Å². The zero-order valence-electron chi connectivity index (χ0n) is 14.5. The molecule has 1 aromatic heterocycles. The number of fused-ring (bicyclic) bond motifs is 1. The Morgan fingerprint density at radius 1 is 1.11 bits per heavy atom. The molecule has 27 heavy (non-hydrogen) atoms. The average molecular weight is 368 g/mol. The van der Waals surface area contributed by atoms with E-state index in [-0.39, 0.29) is 17.7 Å². The highest BCUT2D eigenvalue weighted by Crippen LogP contribution is 2.22. The quantitative estimate of drug-likeness (QED) is 0.697. The van der Waals surface area contributed by atoms with Gasteiger partial charge in [-0.1, -0.05) is 6.07 Å². The Hall–Kier alpha value is -3.06. The van der Waals surface area contributed by atoms with E-state index in [1.54, 1.807) is 24.3 Å². The maximum atomic E-state index is 13.9. The van der Waals surface area contributed by atoms with Gasteiger partial charge < -0.3 is 10.7 Å². The topological polar surface area (TPSA) is 75.0 Å². The van der Waals surface area contributed by atoms with Crippen LogP contribution in [0.15, 0.2) is 47.3 Å². The standard InChI is InChI=1S/C20H18F2N4O/c21-16-2-1-3-17(22)14(16)10-26-9-8-18-15(11-26)20(27)25-19(24-18)12-4-6-13(23)7-5-12/h1-7H,8-11,23H2,(H,24,25,27). The molecule has 0 amide bonds. The second-order valence-electron chi connectivity index (χ2n) is 6.62. The van der Waals surface area contributed by atoms with Gasteiger partial charge in [-0.05, 0) is 36.4 Å². The number of nitrogens with two attached hydrogens (primary N) is 1. The van der Waals surface area contributed by atoms with Gasteiger partial charge in [-0.25, -0.2) is 13.8 Å². The van der Waals surface area contributed by atoms with Gasteiger partial charge in [-0.2, -0.15) is 0 Å². The van der Waals surface area contributed by atoms with Crippen LogP contribution in [-0.4, -0.2) is 21.4 Å². The predicted octanol–water partition coefficient (Wildman–Crippen LogP) is 2.86. The Labute approximate surface area is 154 Å². The molecule has 3 aromatic rings. The van der Waals surface area contributed by atoms with Gasteiger partial charge >= 0.3 is 0 Å². The number of anilines is 1. The molecule has 0 atom stereocenters. The SMILES string of the molecule is Nc1ccc(-c2nc3c(c(=O)[nH]2)CN(Cc2c(F)cccc2F)CC3)cc1. The lowest BCUT2D eigenvalue weighted by Gasteiger charge is -2.28. The molecule has 3 N–H and O–H groups in total. The number of halogens is 2. The fourth-order valence-electron chi connectivity index (χ4n) is 3.30. The van der Waals surface area contributed by atoms with Crippen molar-refractivity contribution in [2.24, 2.45) is 0 Å². The van der Waals surface area contributed by atoms with Gasteiger partial charge in [0.2, 0.25) is 0 Å². The zero-order valence-corrected chi connectivity index (χ0v) is 14.5. The van der Waals surface area contributed by atoms with E-state index in [4.69, 9.17) is 5.73 Å². The first-order valence-corrected chi connectivity index (χ1v) is 8.64. The second kappa shape index (κ2) is 6.92. The van der Waals surface area contributed by atoms with E-state index < -0.39 is 11.6 Å². The lowest BCUT2D eigenvalue weighted by Crippen LogP contribution is -2.35. The Morgan fingerprint density at radius 2 is 1.81 bits per heavy atom. The lowest BCUT2D eigenvalue weighted by molar-refractivity contribution is 0.235. The molecule has 0 bridgehead atoms. The highest BCUT2D eigenvalue weighted by molar-refractivity contribution is 5.58. The predicted molar refractivity (Wildman–Crippen MR) is 98.9 cm³/mol.